The van der Waals surface area contributed by atoms with Gasteiger partial charge < -0.3 is 0 Å². The molecule has 2 aliphatic heterocycles. The van der Waals surface area contributed by atoms with Gasteiger partial charge in [-0.1, -0.05) is 30.4 Å². The van der Waals surface area contributed by atoms with E-state index in [1.54, 1.807) is 18.2 Å². The lowest BCUT2D eigenvalue weighted by molar-refractivity contribution is -0.232. The first-order chi connectivity index (χ1) is 13.3. The van der Waals surface area contributed by atoms with Crippen LogP contribution in [0, 0.1) is 5.82 Å². The second kappa shape index (κ2) is 7.03. The molecule has 2 bridgehead atoms. The van der Waals surface area contributed by atoms with Crippen LogP contribution < -0.4 is 0 Å². The highest BCUT2D eigenvalue weighted by molar-refractivity contribution is 5.93. The van der Waals surface area contributed by atoms with Gasteiger partial charge in [-0.05, 0) is 35.9 Å². The Morgan fingerprint density at radius 3 is 2.54 bits per heavy atom. The summed E-state index contributed by atoms with van der Waals surface area (Å²) in [5.74, 6) is -0.994. The van der Waals surface area contributed by atoms with Crippen LogP contribution in [-0.2, 0) is 11.0 Å². The number of hydrogen-bond acceptors (Lipinski definition) is 3. The Morgan fingerprint density at radius 2 is 1.86 bits per heavy atom. The lowest BCUT2D eigenvalue weighted by atomic mass is 9.96. The topological polar surface area (TPSA) is 32.8 Å². The van der Waals surface area contributed by atoms with Crippen LogP contribution in [0.25, 0.3) is 0 Å². The molecule has 28 heavy (non-hydrogen) atoms. The third-order valence-electron chi connectivity index (χ3n) is 4.80. The second-order valence-electron chi connectivity index (χ2n) is 6.67. The summed E-state index contributed by atoms with van der Waals surface area (Å²) in [7, 11) is 0. The molecule has 0 saturated carbocycles. The van der Waals surface area contributed by atoms with Crippen LogP contribution in [0.3, 0.4) is 0 Å². The molecule has 3 atom stereocenters. The Morgan fingerprint density at radius 1 is 1.11 bits per heavy atom. The first kappa shape index (κ1) is 18.6. The molecule has 2 heterocycles. The van der Waals surface area contributed by atoms with E-state index in [-0.39, 0.29) is 24.1 Å². The molecule has 3 unspecified atom stereocenters. The standard InChI is InChI=1S/C20H16F4N2O2/c21-16-8-6-13(7-9-16)18-17-5-2-10-25(18)12-26(28-17)19(27)14-3-1-4-15(11-14)20(22,23)24/h1-9,11,17-18H,10,12H2. The largest absolute Gasteiger partial charge is 0.416 e. The molecule has 0 spiro atoms. The maximum atomic E-state index is 13.2. The van der Waals surface area contributed by atoms with E-state index < -0.39 is 23.8 Å². The molecule has 8 heteroatoms. The van der Waals surface area contributed by atoms with E-state index in [9.17, 15) is 22.4 Å². The molecule has 4 nitrogen and oxygen atoms in total. The number of amides is 1. The fraction of sp³-hybridized carbons (Fsp3) is 0.250. The highest BCUT2D eigenvalue weighted by atomic mass is 19.4. The van der Waals surface area contributed by atoms with E-state index in [2.05, 4.69) is 0 Å². The Bertz CT molecular complexity index is 911. The van der Waals surface area contributed by atoms with E-state index >= 15 is 0 Å². The number of benzene rings is 2. The summed E-state index contributed by atoms with van der Waals surface area (Å²) in [4.78, 5) is 20.5. The number of hydrogen-bond donors (Lipinski definition) is 0. The zero-order valence-electron chi connectivity index (χ0n) is 14.6. The minimum atomic E-state index is -4.53. The average molecular weight is 392 g/mol. The maximum Gasteiger partial charge on any atom is 0.416 e. The van der Waals surface area contributed by atoms with Crippen molar-refractivity contribution in [3.05, 3.63) is 83.2 Å². The summed E-state index contributed by atoms with van der Waals surface area (Å²) in [6, 6.07) is 10.1. The number of nitrogens with zero attached hydrogens (tertiary/aromatic N) is 2. The molecular weight excluding hydrogens is 376 g/mol. The Hall–Kier alpha value is -2.71. The normalized spacial score (nSPS) is 24.3. The molecule has 2 aromatic rings. The van der Waals surface area contributed by atoms with Crippen molar-refractivity contribution in [2.45, 2.75) is 18.3 Å². The van der Waals surface area contributed by atoms with Gasteiger partial charge in [-0.15, -0.1) is 0 Å². The first-order valence-corrected chi connectivity index (χ1v) is 8.65. The summed E-state index contributed by atoms with van der Waals surface area (Å²) < 4.78 is 52.0. The van der Waals surface area contributed by atoms with Gasteiger partial charge in [0.2, 0.25) is 0 Å². The second-order valence-corrected chi connectivity index (χ2v) is 6.67. The van der Waals surface area contributed by atoms with Gasteiger partial charge in [0.25, 0.3) is 5.91 Å². The van der Waals surface area contributed by atoms with E-state index in [0.717, 1.165) is 22.8 Å². The molecule has 1 saturated heterocycles. The number of halogens is 4. The predicted molar refractivity (Wildman–Crippen MR) is 92.3 cm³/mol. The molecule has 146 valence electrons. The molecule has 0 aromatic heterocycles. The van der Waals surface area contributed by atoms with Gasteiger partial charge in [0.05, 0.1) is 11.6 Å². The summed E-state index contributed by atoms with van der Waals surface area (Å²) in [5.41, 5.74) is -0.153. The van der Waals surface area contributed by atoms with Crippen molar-refractivity contribution in [2.24, 2.45) is 0 Å². The van der Waals surface area contributed by atoms with Gasteiger partial charge in [0, 0.05) is 12.1 Å². The van der Waals surface area contributed by atoms with Crippen molar-refractivity contribution in [1.82, 2.24) is 9.96 Å². The van der Waals surface area contributed by atoms with E-state index in [1.807, 2.05) is 11.0 Å². The smallest absolute Gasteiger partial charge is 0.270 e. The van der Waals surface area contributed by atoms with E-state index in [0.29, 0.717) is 6.54 Å². The van der Waals surface area contributed by atoms with Crippen LogP contribution in [-0.4, -0.2) is 35.2 Å². The van der Waals surface area contributed by atoms with Crippen LogP contribution >= 0.6 is 0 Å². The number of carbonyl (C=O) groups excluding carboxylic acids is 1. The molecule has 0 N–H and O–H groups in total. The van der Waals surface area contributed by atoms with Crippen LogP contribution in [0.2, 0.25) is 0 Å². The highest BCUT2D eigenvalue weighted by Gasteiger charge is 2.40. The van der Waals surface area contributed by atoms with Gasteiger partial charge in [-0.25, -0.2) is 9.45 Å². The zero-order valence-corrected chi connectivity index (χ0v) is 14.6. The van der Waals surface area contributed by atoms with E-state index in [1.165, 1.54) is 24.3 Å². The van der Waals surface area contributed by atoms with Gasteiger partial charge in [-0.3, -0.25) is 14.5 Å². The van der Waals surface area contributed by atoms with Crippen molar-refractivity contribution in [3.8, 4) is 0 Å². The lowest BCUT2D eigenvalue weighted by Crippen LogP contribution is -2.55. The van der Waals surface area contributed by atoms with Gasteiger partial charge >= 0.3 is 6.18 Å². The molecule has 4 rings (SSSR count). The number of fused-ring (bicyclic) bond motifs is 2. The monoisotopic (exact) mass is 392 g/mol. The number of rotatable bonds is 2. The molecule has 1 amide bonds. The SMILES string of the molecule is O=C(c1cccc(C(F)(F)F)c1)N1CN2CC=CC(O1)C2c1ccc(F)cc1. The summed E-state index contributed by atoms with van der Waals surface area (Å²) >= 11 is 0. The minimum Gasteiger partial charge on any atom is -0.270 e. The Kier molecular flexibility index (Phi) is 4.68. The quantitative estimate of drug-likeness (QED) is 0.568. The summed E-state index contributed by atoms with van der Waals surface area (Å²) in [6.07, 6.45) is -1.34. The van der Waals surface area contributed by atoms with Gasteiger partial charge in [-0.2, -0.15) is 13.2 Å². The third kappa shape index (κ3) is 3.53. The lowest BCUT2D eigenvalue weighted by Gasteiger charge is -2.46. The van der Waals surface area contributed by atoms with Crippen molar-refractivity contribution >= 4 is 5.91 Å². The molecule has 2 aromatic carbocycles. The van der Waals surface area contributed by atoms with Crippen molar-refractivity contribution in [1.29, 1.82) is 0 Å². The van der Waals surface area contributed by atoms with Crippen molar-refractivity contribution in [2.75, 3.05) is 13.2 Å². The minimum absolute atomic E-state index is 0.0813. The average Bonchev–Trinajstić information content (AvgIpc) is 2.66. The number of alkyl halides is 3. The van der Waals surface area contributed by atoms with Gasteiger partial charge in [0.1, 0.15) is 18.6 Å². The zero-order chi connectivity index (χ0) is 19.9. The van der Waals surface area contributed by atoms with Gasteiger partial charge in [0.15, 0.2) is 0 Å². The van der Waals surface area contributed by atoms with Crippen molar-refractivity contribution < 1.29 is 27.2 Å². The van der Waals surface area contributed by atoms with E-state index in [4.69, 9.17) is 4.84 Å². The summed E-state index contributed by atoms with van der Waals surface area (Å²) in [5, 5.41) is 1.07. The first-order valence-electron chi connectivity index (χ1n) is 8.65. The fourth-order valence-corrected chi connectivity index (χ4v) is 3.49. The van der Waals surface area contributed by atoms with Crippen LogP contribution in [0.5, 0.6) is 0 Å². The predicted octanol–water partition coefficient (Wildman–Crippen LogP) is 4.17. The molecule has 1 fully saturated rings. The molecular formula is C20H16F4N2O2. The number of hydroxylamine groups is 2. The fourth-order valence-electron chi connectivity index (χ4n) is 3.49. The third-order valence-corrected chi connectivity index (χ3v) is 4.80. The Balaban J connectivity index is 1.57. The number of carbonyl (C=O) groups is 1. The molecule has 0 radical (unpaired) electrons. The van der Waals surface area contributed by atoms with Crippen molar-refractivity contribution in [3.63, 3.8) is 0 Å². The maximum absolute atomic E-state index is 13.2. The Labute approximate surface area is 158 Å². The van der Waals surface area contributed by atoms with Crippen LogP contribution in [0.1, 0.15) is 27.5 Å². The highest BCUT2D eigenvalue weighted by Crippen LogP contribution is 2.35. The van der Waals surface area contributed by atoms with Crippen LogP contribution in [0.15, 0.2) is 60.7 Å². The molecule has 2 aliphatic rings. The van der Waals surface area contributed by atoms with Crippen LogP contribution in [0.4, 0.5) is 17.6 Å². The summed E-state index contributed by atoms with van der Waals surface area (Å²) in [6.45, 7) is 0.617. The molecule has 0 aliphatic carbocycles.